The standard InChI is InChI=1S/C19H20N4O6S/c1-2-20-18(25)13-4-3-5-15(10-13)21-17(24)12-29-19(26)14-6-7-16-22-30(27,28)9-8-23(16)11-14/h3-7,10-11H,2,8-9,12H2,1H3,(H,20,25)(H,21,24). The highest BCUT2D eigenvalue weighted by Gasteiger charge is 2.25. The topological polar surface area (TPSA) is 134 Å². The van der Waals surface area contributed by atoms with Crippen molar-refractivity contribution in [1.82, 2.24) is 10.2 Å². The zero-order valence-electron chi connectivity index (χ0n) is 16.1. The second-order valence-electron chi connectivity index (χ2n) is 6.41. The number of amidine groups is 1. The molecule has 0 unspecified atom stereocenters. The molecule has 0 saturated carbocycles. The summed E-state index contributed by atoms with van der Waals surface area (Å²) in [6, 6.07) is 6.37. The fourth-order valence-electron chi connectivity index (χ4n) is 2.73. The number of esters is 1. The van der Waals surface area contributed by atoms with Crippen molar-refractivity contribution >= 4 is 39.3 Å². The fourth-order valence-corrected chi connectivity index (χ4v) is 3.70. The number of carbonyl (C=O) groups excluding carboxylic acids is 3. The van der Waals surface area contributed by atoms with Crippen molar-refractivity contribution in [2.24, 2.45) is 4.40 Å². The van der Waals surface area contributed by atoms with Gasteiger partial charge in [0.05, 0.1) is 11.3 Å². The van der Waals surface area contributed by atoms with Crippen LogP contribution in [-0.2, 0) is 24.3 Å². The molecule has 30 heavy (non-hydrogen) atoms. The zero-order valence-corrected chi connectivity index (χ0v) is 16.9. The Labute approximate surface area is 173 Å². The van der Waals surface area contributed by atoms with Crippen LogP contribution in [0.5, 0.6) is 0 Å². The lowest BCUT2D eigenvalue weighted by Gasteiger charge is -2.26. The van der Waals surface area contributed by atoms with Crippen LogP contribution in [0.2, 0.25) is 0 Å². The van der Waals surface area contributed by atoms with Gasteiger partial charge in [-0.15, -0.1) is 4.40 Å². The first-order valence-electron chi connectivity index (χ1n) is 9.12. The number of ether oxygens (including phenoxy) is 1. The Hall–Kier alpha value is -3.47. The van der Waals surface area contributed by atoms with Crippen LogP contribution in [0.25, 0.3) is 0 Å². The number of nitrogens with zero attached hydrogens (tertiary/aromatic N) is 2. The maximum absolute atomic E-state index is 12.2. The van der Waals surface area contributed by atoms with E-state index in [9.17, 15) is 22.8 Å². The number of hydrogen-bond acceptors (Lipinski definition) is 7. The van der Waals surface area contributed by atoms with Crippen LogP contribution in [0.15, 0.2) is 52.6 Å². The summed E-state index contributed by atoms with van der Waals surface area (Å²) in [5.41, 5.74) is 0.955. The van der Waals surface area contributed by atoms with Gasteiger partial charge in [-0.05, 0) is 37.3 Å². The summed E-state index contributed by atoms with van der Waals surface area (Å²) in [5, 5.41) is 5.23. The largest absolute Gasteiger partial charge is 0.452 e. The molecule has 0 atom stereocenters. The molecular weight excluding hydrogens is 412 g/mol. The summed E-state index contributed by atoms with van der Waals surface area (Å²) >= 11 is 0. The molecule has 2 N–H and O–H groups in total. The Kier molecular flexibility index (Phi) is 6.31. The highest BCUT2D eigenvalue weighted by molar-refractivity contribution is 7.90. The third-order valence-electron chi connectivity index (χ3n) is 4.14. The third kappa shape index (κ3) is 5.32. The van der Waals surface area contributed by atoms with Crippen LogP contribution in [0.4, 0.5) is 5.69 Å². The number of anilines is 1. The molecule has 0 aromatic heterocycles. The van der Waals surface area contributed by atoms with E-state index in [4.69, 9.17) is 4.74 Å². The predicted molar refractivity (Wildman–Crippen MR) is 109 cm³/mol. The maximum Gasteiger partial charge on any atom is 0.340 e. The first kappa shape index (κ1) is 21.2. The minimum absolute atomic E-state index is 0.152. The van der Waals surface area contributed by atoms with Crippen molar-refractivity contribution in [1.29, 1.82) is 0 Å². The molecule has 0 saturated heterocycles. The number of sulfonamides is 1. The molecule has 0 fully saturated rings. The number of benzene rings is 1. The second-order valence-corrected chi connectivity index (χ2v) is 8.17. The van der Waals surface area contributed by atoms with E-state index in [-0.39, 0.29) is 29.6 Å². The van der Waals surface area contributed by atoms with Crippen molar-refractivity contribution in [3.63, 3.8) is 0 Å². The lowest BCUT2D eigenvalue weighted by atomic mass is 10.2. The van der Waals surface area contributed by atoms with E-state index >= 15 is 0 Å². The van der Waals surface area contributed by atoms with Gasteiger partial charge in [0.15, 0.2) is 6.61 Å². The Morgan fingerprint density at radius 2 is 2.03 bits per heavy atom. The van der Waals surface area contributed by atoms with Crippen LogP contribution < -0.4 is 10.6 Å². The summed E-state index contributed by atoms with van der Waals surface area (Å²) in [5.74, 6) is -1.49. The predicted octanol–water partition coefficient (Wildman–Crippen LogP) is 0.416. The SMILES string of the molecule is CCNC(=O)c1cccc(NC(=O)COC(=O)C2=CN3CCS(=O)(=O)N=C3C=C2)c1. The molecule has 10 nitrogen and oxygen atoms in total. The number of nitrogens with one attached hydrogen (secondary N) is 2. The Balaban J connectivity index is 1.55. The summed E-state index contributed by atoms with van der Waals surface area (Å²) in [4.78, 5) is 37.7. The summed E-state index contributed by atoms with van der Waals surface area (Å²) in [6.07, 6.45) is 4.22. The van der Waals surface area contributed by atoms with E-state index in [1.807, 2.05) is 0 Å². The molecule has 2 amide bonds. The second kappa shape index (κ2) is 8.91. The van der Waals surface area contributed by atoms with Gasteiger partial charge >= 0.3 is 5.97 Å². The van der Waals surface area contributed by atoms with Crippen molar-refractivity contribution in [3.8, 4) is 0 Å². The molecule has 1 aromatic rings. The molecule has 0 spiro atoms. The zero-order chi connectivity index (χ0) is 21.7. The van der Waals surface area contributed by atoms with Gasteiger partial charge < -0.3 is 20.3 Å². The quantitative estimate of drug-likeness (QED) is 0.622. The van der Waals surface area contributed by atoms with E-state index in [0.29, 0.717) is 17.8 Å². The minimum Gasteiger partial charge on any atom is -0.452 e. The first-order valence-corrected chi connectivity index (χ1v) is 10.7. The molecular formula is C19H20N4O6S. The van der Waals surface area contributed by atoms with E-state index in [1.165, 1.54) is 29.3 Å². The molecule has 2 aliphatic heterocycles. The van der Waals surface area contributed by atoms with Gasteiger partial charge in [-0.3, -0.25) is 9.59 Å². The van der Waals surface area contributed by atoms with Crippen molar-refractivity contribution in [2.45, 2.75) is 6.92 Å². The number of amides is 2. The van der Waals surface area contributed by atoms with Crippen molar-refractivity contribution in [2.75, 3.05) is 30.8 Å². The van der Waals surface area contributed by atoms with Gasteiger partial charge in [0.25, 0.3) is 21.8 Å². The molecule has 0 radical (unpaired) electrons. The summed E-state index contributed by atoms with van der Waals surface area (Å²) in [7, 11) is -3.48. The Bertz CT molecular complexity index is 1070. The Morgan fingerprint density at radius 3 is 2.80 bits per heavy atom. The van der Waals surface area contributed by atoms with Crippen molar-refractivity contribution < 1.29 is 27.5 Å². The smallest absolute Gasteiger partial charge is 0.340 e. The van der Waals surface area contributed by atoms with Gasteiger partial charge in [-0.1, -0.05) is 6.07 Å². The Morgan fingerprint density at radius 1 is 1.23 bits per heavy atom. The van der Waals surface area contributed by atoms with E-state index in [2.05, 4.69) is 15.0 Å². The molecule has 3 rings (SSSR count). The number of hydrogen-bond donors (Lipinski definition) is 2. The molecule has 11 heteroatoms. The van der Waals surface area contributed by atoms with Gasteiger partial charge in [-0.25, -0.2) is 13.2 Å². The van der Waals surface area contributed by atoms with Gasteiger partial charge in [0, 0.05) is 30.5 Å². The number of carbonyl (C=O) groups is 3. The minimum atomic E-state index is -3.48. The normalized spacial score (nSPS) is 16.6. The van der Waals surface area contributed by atoms with Crippen LogP contribution in [0, 0.1) is 0 Å². The fraction of sp³-hybridized carbons (Fsp3) is 0.263. The molecule has 0 bridgehead atoms. The van der Waals surface area contributed by atoms with E-state index in [0.717, 1.165) is 0 Å². The number of rotatable bonds is 6. The molecule has 2 heterocycles. The summed E-state index contributed by atoms with van der Waals surface area (Å²) in [6.45, 7) is 1.93. The monoisotopic (exact) mass is 432 g/mol. The lowest BCUT2D eigenvalue weighted by Crippen LogP contribution is -2.37. The third-order valence-corrected chi connectivity index (χ3v) is 5.30. The van der Waals surface area contributed by atoms with Crippen molar-refractivity contribution in [3.05, 3.63) is 53.8 Å². The number of fused-ring (bicyclic) bond motifs is 1. The van der Waals surface area contributed by atoms with Gasteiger partial charge in [0.1, 0.15) is 5.84 Å². The lowest BCUT2D eigenvalue weighted by molar-refractivity contribution is -0.143. The van der Waals surface area contributed by atoms with E-state index < -0.39 is 28.5 Å². The molecule has 1 aromatic carbocycles. The van der Waals surface area contributed by atoms with Crippen LogP contribution in [-0.4, -0.2) is 62.4 Å². The first-order chi connectivity index (χ1) is 14.3. The molecule has 0 aliphatic carbocycles. The average molecular weight is 432 g/mol. The van der Waals surface area contributed by atoms with Crippen LogP contribution >= 0.6 is 0 Å². The van der Waals surface area contributed by atoms with Crippen LogP contribution in [0.1, 0.15) is 17.3 Å². The highest BCUT2D eigenvalue weighted by atomic mass is 32.2. The van der Waals surface area contributed by atoms with Crippen LogP contribution in [0.3, 0.4) is 0 Å². The van der Waals surface area contributed by atoms with Gasteiger partial charge in [-0.2, -0.15) is 0 Å². The summed E-state index contributed by atoms with van der Waals surface area (Å²) < 4.78 is 31.7. The maximum atomic E-state index is 12.2. The molecule has 158 valence electrons. The highest BCUT2D eigenvalue weighted by Crippen LogP contribution is 2.17. The molecule has 2 aliphatic rings. The average Bonchev–Trinajstić information content (AvgIpc) is 2.71. The van der Waals surface area contributed by atoms with Gasteiger partial charge in [0.2, 0.25) is 0 Å². The van der Waals surface area contributed by atoms with E-state index in [1.54, 1.807) is 25.1 Å².